The maximum Gasteiger partial charge on any atom is 0.292 e. The summed E-state index contributed by atoms with van der Waals surface area (Å²) in [5, 5.41) is 13.6. The number of hydrogen-bond donors (Lipinski definition) is 1. The number of benzene rings is 1. The molecule has 1 fully saturated rings. The van der Waals surface area contributed by atoms with Gasteiger partial charge in [0, 0.05) is 29.7 Å². The normalized spacial score (nSPS) is 15.4. The van der Waals surface area contributed by atoms with E-state index in [-0.39, 0.29) is 11.7 Å². The molecular weight excluding hydrogens is 268 g/mol. The van der Waals surface area contributed by atoms with E-state index >= 15 is 0 Å². The lowest BCUT2D eigenvalue weighted by atomic mass is 10.1. The number of β-amino-alcohol motifs (C(OH)–C–C–N with tert-alkyl or cyclic N) is 1. The Hall–Kier alpha value is -1.85. The van der Waals surface area contributed by atoms with Gasteiger partial charge < -0.3 is 14.5 Å². The number of carbonyl (C=O) groups is 1. The van der Waals surface area contributed by atoms with Gasteiger partial charge in [0.25, 0.3) is 5.91 Å². The van der Waals surface area contributed by atoms with Gasteiger partial charge in [0.2, 0.25) is 5.76 Å². The zero-order chi connectivity index (χ0) is 13.4. The summed E-state index contributed by atoms with van der Waals surface area (Å²) in [4.78, 5) is 13.4. The first-order valence-electron chi connectivity index (χ1n) is 5.83. The molecule has 1 aromatic heterocycles. The number of halogens is 1. The van der Waals surface area contributed by atoms with E-state index in [1.165, 1.54) is 4.90 Å². The van der Waals surface area contributed by atoms with Gasteiger partial charge >= 0.3 is 0 Å². The van der Waals surface area contributed by atoms with Crippen molar-refractivity contribution < 1.29 is 14.4 Å². The van der Waals surface area contributed by atoms with Crippen LogP contribution in [0.4, 0.5) is 0 Å². The summed E-state index contributed by atoms with van der Waals surface area (Å²) in [5.41, 5.74) is 1.35. The molecule has 3 rings (SSSR count). The van der Waals surface area contributed by atoms with Crippen LogP contribution >= 0.6 is 11.6 Å². The Morgan fingerprint density at radius 3 is 2.89 bits per heavy atom. The Labute approximate surface area is 114 Å². The maximum atomic E-state index is 11.9. The number of nitrogens with zero attached hydrogens (tertiary/aromatic N) is 2. The van der Waals surface area contributed by atoms with Crippen LogP contribution < -0.4 is 0 Å². The van der Waals surface area contributed by atoms with E-state index in [4.69, 9.17) is 16.1 Å². The largest absolute Gasteiger partial charge is 0.389 e. The quantitative estimate of drug-likeness (QED) is 0.910. The third kappa shape index (κ3) is 2.34. The SMILES string of the molecule is O=C(c1cc(-c2cccc(Cl)c2)no1)N1CC(O)C1. The Balaban J connectivity index is 1.81. The lowest BCUT2D eigenvalue weighted by Gasteiger charge is -2.34. The summed E-state index contributed by atoms with van der Waals surface area (Å²) in [6.07, 6.45) is -0.431. The molecule has 0 radical (unpaired) electrons. The van der Waals surface area contributed by atoms with Gasteiger partial charge in [-0.25, -0.2) is 0 Å². The van der Waals surface area contributed by atoms with Crippen molar-refractivity contribution in [3.8, 4) is 11.3 Å². The highest BCUT2D eigenvalue weighted by molar-refractivity contribution is 6.30. The summed E-state index contributed by atoms with van der Waals surface area (Å²) < 4.78 is 5.05. The predicted molar refractivity (Wildman–Crippen MR) is 68.9 cm³/mol. The van der Waals surface area contributed by atoms with Gasteiger partial charge in [0.1, 0.15) is 5.69 Å². The van der Waals surface area contributed by atoms with E-state index in [1.54, 1.807) is 24.3 Å². The highest BCUT2D eigenvalue weighted by Gasteiger charge is 2.31. The number of aliphatic hydroxyl groups excluding tert-OH is 1. The minimum Gasteiger partial charge on any atom is -0.389 e. The average molecular weight is 279 g/mol. The number of amides is 1. The molecule has 19 heavy (non-hydrogen) atoms. The maximum absolute atomic E-state index is 11.9. The van der Waals surface area contributed by atoms with E-state index < -0.39 is 6.10 Å². The van der Waals surface area contributed by atoms with Crippen molar-refractivity contribution in [2.24, 2.45) is 0 Å². The number of carbonyl (C=O) groups excluding carboxylic acids is 1. The Morgan fingerprint density at radius 2 is 2.21 bits per heavy atom. The lowest BCUT2D eigenvalue weighted by Crippen LogP contribution is -2.53. The fourth-order valence-corrected chi connectivity index (χ4v) is 2.13. The number of rotatable bonds is 2. The first-order chi connectivity index (χ1) is 9.13. The van der Waals surface area contributed by atoms with Crippen LogP contribution in [0.25, 0.3) is 11.3 Å². The number of aromatic nitrogens is 1. The zero-order valence-electron chi connectivity index (χ0n) is 9.91. The molecular formula is C13H11ClN2O3. The Morgan fingerprint density at radius 1 is 1.42 bits per heavy atom. The molecule has 0 atom stereocenters. The molecule has 1 aliphatic heterocycles. The third-order valence-corrected chi connectivity index (χ3v) is 3.23. The summed E-state index contributed by atoms with van der Waals surface area (Å²) in [5.74, 6) is -0.0899. The van der Waals surface area contributed by atoms with Crippen LogP contribution in [-0.2, 0) is 0 Å². The molecule has 0 unspecified atom stereocenters. The third-order valence-electron chi connectivity index (χ3n) is 2.99. The Bertz CT molecular complexity index is 620. The number of aliphatic hydroxyl groups is 1. The average Bonchev–Trinajstić information content (AvgIpc) is 2.84. The smallest absolute Gasteiger partial charge is 0.292 e. The summed E-state index contributed by atoms with van der Waals surface area (Å²) in [7, 11) is 0. The minimum atomic E-state index is -0.431. The Kier molecular flexibility index (Phi) is 3.00. The first kappa shape index (κ1) is 12.2. The second-order valence-electron chi connectivity index (χ2n) is 4.45. The summed E-state index contributed by atoms with van der Waals surface area (Å²) in [6.45, 7) is 0.679. The van der Waals surface area contributed by atoms with Crippen molar-refractivity contribution in [3.63, 3.8) is 0 Å². The molecule has 0 bridgehead atoms. The highest BCUT2D eigenvalue weighted by Crippen LogP contribution is 2.23. The molecule has 0 spiro atoms. The van der Waals surface area contributed by atoms with E-state index in [1.807, 2.05) is 6.07 Å². The van der Waals surface area contributed by atoms with Crippen LogP contribution in [0.5, 0.6) is 0 Å². The van der Waals surface area contributed by atoms with Crippen molar-refractivity contribution in [2.75, 3.05) is 13.1 Å². The fourth-order valence-electron chi connectivity index (χ4n) is 1.94. The van der Waals surface area contributed by atoms with E-state index in [0.717, 1.165) is 5.56 Å². The highest BCUT2D eigenvalue weighted by atomic mass is 35.5. The van der Waals surface area contributed by atoms with Crippen molar-refractivity contribution >= 4 is 17.5 Å². The molecule has 6 heteroatoms. The van der Waals surface area contributed by atoms with Crippen molar-refractivity contribution in [3.05, 3.63) is 41.1 Å². The van der Waals surface area contributed by atoms with Crippen molar-refractivity contribution in [1.82, 2.24) is 10.1 Å². The van der Waals surface area contributed by atoms with E-state index in [9.17, 15) is 9.90 Å². The second-order valence-corrected chi connectivity index (χ2v) is 4.89. The summed E-state index contributed by atoms with van der Waals surface area (Å²) in [6, 6.07) is 8.74. The first-order valence-corrected chi connectivity index (χ1v) is 6.21. The lowest BCUT2D eigenvalue weighted by molar-refractivity contribution is 0.00342. The molecule has 98 valence electrons. The van der Waals surface area contributed by atoms with Crippen LogP contribution in [0, 0.1) is 0 Å². The topological polar surface area (TPSA) is 66.6 Å². The van der Waals surface area contributed by atoms with Gasteiger partial charge in [0.15, 0.2) is 0 Å². The van der Waals surface area contributed by atoms with Crippen LogP contribution in [0.2, 0.25) is 5.02 Å². The fraction of sp³-hybridized carbons (Fsp3) is 0.231. The number of hydrogen-bond acceptors (Lipinski definition) is 4. The van der Waals surface area contributed by atoms with Gasteiger partial charge in [-0.3, -0.25) is 4.79 Å². The number of likely N-dealkylation sites (tertiary alicyclic amines) is 1. The zero-order valence-corrected chi connectivity index (χ0v) is 10.7. The predicted octanol–water partition coefficient (Wildman–Crippen LogP) is 1.81. The molecule has 1 saturated heterocycles. The van der Waals surface area contributed by atoms with Crippen LogP contribution in [0.3, 0.4) is 0 Å². The van der Waals surface area contributed by atoms with Gasteiger partial charge in [-0.1, -0.05) is 28.9 Å². The molecule has 1 amide bonds. The van der Waals surface area contributed by atoms with E-state index in [0.29, 0.717) is 23.8 Å². The molecule has 1 aromatic carbocycles. The van der Waals surface area contributed by atoms with E-state index in [2.05, 4.69) is 5.16 Å². The van der Waals surface area contributed by atoms with Gasteiger partial charge in [0.05, 0.1) is 6.10 Å². The van der Waals surface area contributed by atoms with Crippen molar-refractivity contribution in [2.45, 2.75) is 6.10 Å². The molecule has 2 aromatic rings. The monoisotopic (exact) mass is 278 g/mol. The molecule has 1 N–H and O–H groups in total. The van der Waals surface area contributed by atoms with Gasteiger partial charge in [-0.05, 0) is 12.1 Å². The van der Waals surface area contributed by atoms with Gasteiger partial charge in [-0.15, -0.1) is 0 Å². The summed E-state index contributed by atoms with van der Waals surface area (Å²) >= 11 is 5.90. The standard InChI is InChI=1S/C13H11ClN2O3/c14-9-3-1-2-8(4-9)11-5-12(19-15-11)13(18)16-6-10(17)7-16/h1-5,10,17H,6-7H2. The van der Waals surface area contributed by atoms with Gasteiger partial charge in [-0.2, -0.15) is 0 Å². The molecule has 0 aliphatic carbocycles. The molecule has 2 heterocycles. The second kappa shape index (κ2) is 4.68. The minimum absolute atomic E-state index is 0.168. The van der Waals surface area contributed by atoms with Crippen molar-refractivity contribution in [1.29, 1.82) is 0 Å². The molecule has 1 aliphatic rings. The van der Waals surface area contributed by atoms with Crippen LogP contribution in [0.15, 0.2) is 34.9 Å². The van der Waals surface area contributed by atoms with Crippen LogP contribution in [-0.4, -0.2) is 40.3 Å². The molecule has 0 saturated carbocycles. The molecule has 5 nitrogen and oxygen atoms in total. The van der Waals surface area contributed by atoms with Crippen LogP contribution in [0.1, 0.15) is 10.6 Å².